The molecule has 1 saturated heterocycles. The van der Waals surface area contributed by atoms with Gasteiger partial charge in [0.25, 0.3) is 5.91 Å². The van der Waals surface area contributed by atoms with E-state index in [9.17, 15) is 9.59 Å². The number of piperidine rings is 1. The van der Waals surface area contributed by atoms with Crippen LogP contribution >= 0.6 is 0 Å². The van der Waals surface area contributed by atoms with Gasteiger partial charge in [-0.1, -0.05) is 0 Å². The zero-order valence-corrected chi connectivity index (χ0v) is 11.0. The normalized spacial score (nSPS) is 19.4. The standard InChI is InChI=1S/C14H18N2O3/c1-2-19-12-5-3-10(4-6-12)14(18)16-8-7-11(15)9-13(16)17/h3-6,11H,2,7-9,15H2,1H3. The number of imide groups is 1. The van der Waals surface area contributed by atoms with Crippen molar-refractivity contribution in [1.82, 2.24) is 4.90 Å². The van der Waals surface area contributed by atoms with Gasteiger partial charge in [0.1, 0.15) is 5.75 Å². The molecule has 1 aliphatic heterocycles. The summed E-state index contributed by atoms with van der Waals surface area (Å²) in [7, 11) is 0. The zero-order valence-electron chi connectivity index (χ0n) is 11.0. The van der Waals surface area contributed by atoms with Gasteiger partial charge in [-0.2, -0.15) is 0 Å². The SMILES string of the molecule is CCOc1ccc(C(=O)N2CCC(N)CC2=O)cc1. The average molecular weight is 262 g/mol. The van der Waals surface area contributed by atoms with E-state index in [2.05, 4.69) is 0 Å². The van der Waals surface area contributed by atoms with Crippen molar-refractivity contribution in [2.75, 3.05) is 13.2 Å². The van der Waals surface area contributed by atoms with Crippen LogP contribution in [0.5, 0.6) is 5.75 Å². The van der Waals surface area contributed by atoms with Gasteiger partial charge in [0.05, 0.1) is 6.61 Å². The third-order valence-corrected chi connectivity index (χ3v) is 3.12. The van der Waals surface area contributed by atoms with Gasteiger partial charge in [-0.05, 0) is 37.6 Å². The number of nitrogens with zero attached hydrogens (tertiary/aromatic N) is 1. The molecule has 0 aromatic heterocycles. The van der Waals surface area contributed by atoms with E-state index in [-0.39, 0.29) is 24.3 Å². The van der Waals surface area contributed by atoms with Crippen molar-refractivity contribution in [3.8, 4) is 5.75 Å². The van der Waals surface area contributed by atoms with E-state index in [1.54, 1.807) is 24.3 Å². The molecule has 1 heterocycles. The van der Waals surface area contributed by atoms with Gasteiger partial charge < -0.3 is 10.5 Å². The molecule has 0 aliphatic carbocycles. The topological polar surface area (TPSA) is 72.6 Å². The van der Waals surface area contributed by atoms with E-state index in [1.807, 2.05) is 6.92 Å². The summed E-state index contributed by atoms with van der Waals surface area (Å²) in [5.41, 5.74) is 6.20. The van der Waals surface area contributed by atoms with Crippen molar-refractivity contribution < 1.29 is 14.3 Å². The summed E-state index contributed by atoms with van der Waals surface area (Å²) < 4.78 is 5.31. The monoisotopic (exact) mass is 262 g/mol. The second-order valence-corrected chi connectivity index (χ2v) is 4.56. The van der Waals surface area contributed by atoms with Gasteiger partial charge in [-0.3, -0.25) is 14.5 Å². The van der Waals surface area contributed by atoms with Crippen molar-refractivity contribution in [1.29, 1.82) is 0 Å². The maximum Gasteiger partial charge on any atom is 0.260 e. The van der Waals surface area contributed by atoms with E-state index in [0.717, 1.165) is 0 Å². The molecule has 2 amide bonds. The van der Waals surface area contributed by atoms with Crippen molar-refractivity contribution in [2.45, 2.75) is 25.8 Å². The summed E-state index contributed by atoms with van der Waals surface area (Å²) in [6.07, 6.45) is 0.900. The average Bonchev–Trinajstić information content (AvgIpc) is 2.39. The van der Waals surface area contributed by atoms with Gasteiger partial charge in [0.15, 0.2) is 0 Å². The molecule has 0 radical (unpaired) electrons. The summed E-state index contributed by atoms with van der Waals surface area (Å²) in [5, 5.41) is 0. The van der Waals surface area contributed by atoms with Crippen LogP contribution in [0, 0.1) is 0 Å². The third kappa shape index (κ3) is 3.12. The molecule has 1 fully saturated rings. The van der Waals surface area contributed by atoms with E-state index in [1.165, 1.54) is 4.90 Å². The number of benzene rings is 1. The second-order valence-electron chi connectivity index (χ2n) is 4.56. The van der Waals surface area contributed by atoms with E-state index < -0.39 is 0 Å². The van der Waals surface area contributed by atoms with Crippen LogP contribution in [0.2, 0.25) is 0 Å². The summed E-state index contributed by atoms with van der Waals surface area (Å²) in [6.45, 7) is 2.87. The minimum atomic E-state index is -0.264. The smallest absolute Gasteiger partial charge is 0.260 e. The summed E-state index contributed by atoms with van der Waals surface area (Å²) in [4.78, 5) is 25.3. The summed E-state index contributed by atoms with van der Waals surface area (Å²) in [6, 6.07) is 6.69. The maximum atomic E-state index is 12.2. The number of ether oxygens (including phenoxy) is 1. The molecule has 5 heteroatoms. The first-order chi connectivity index (χ1) is 9.11. The maximum absolute atomic E-state index is 12.2. The van der Waals surface area contributed by atoms with Crippen LogP contribution in [0.15, 0.2) is 24.3 Å². The zero-order chi connectivity index (χ0) is 13.8. The second kappa shape index (κ2) is 5.84. The summed E-state index contributed by atoms with van der Waals surface area (Å²) >= 11 is 0. The molecule has 1 atom stereocenters. The fourth-order valence-corrected chi connectivity index (χ4v) is 2.09. The lowest BCUT2D eigenvalue weighted by molar-refractivity contribution is -0.130. The molecule has 19 heavy (non-hydrogen) atoms. The minimum Gasteiger partial charge on any atom is -0.494 e. The van der Waals surface area contributed by atoms with Gasteiger partial charge in [0.2, 0.25) is 5.91 Å². The Bertz CT molecular complexity index is 470. The molecule has 2 N–H and O–H groups in total. The number of amides is 2. The molecular weight excluding hydrogens is 244 g/mol. The molecular formula is C14H18N2O3. The first-order valence-corrected chi connectivity index (χ1v) is 6.45. The fourth-order valence-electron chi connectivity index (χ4n) is 2.09. The van der Waals surface area contributed by atoms with Crippen molar-refractivity contribution in [3.05, 3.63) is 29.8 Å². The Morgan fingerprint density at radius 3 is 2.68 bits per heavy atom. The Balaban J connectivity index is 2.08. The van der Waals surface area contributed by atoms with Crippen LogP contribution in [0.4, 0.5) is 0 Å². The predicted molar refractivity (Wildman–Crippen MR) is 70.9 cm³/mol. The first-order valence-electron chi connectivity index (χ1n) is 6.45. The van der Waals surface area contributed by atoms with E-state index in [0.29, 0.717) is 30.9 Å². The van der Waals surface area contributed by atoms with Crippen LogP contribution in [0.3, 0.4) is 0 Å². The number of nitrogens with two attached hydrogens (primary N) is 1. The molecule has 1 aliphatic rings. The summed E-state index contributed by atoms with van der Waals surface area (Å²) in [5.74, 6) is 0.253. The number of hydrogen-bond acceptors (Lipinski definition) is 4. The Labute approximate surface area is 112 Å². The van der Waals surface area contributed by atoms with E-state index >= 15 is 0 Å². The fraction of sp³-hybridized carbons (Fsp3) is 0.429. The number of hydrogen-bond donors (Lipinski definition) is 1. The molecule has 1 aromatic rings. The van der Waals surface area contributed by atoms with Gasteiger partial charge in [-0.25, -0.2) is 0 Å². The van der Waals surface area contributed by atoms with Crippen molar-refractivity contribution in [3.63, 3.8) is 0 Å². The highest BCUT2D eigenvalue weighted by Crippen LogP contribution is 2.17. The Morgan fingerprint density at radius 1 is 1.42 bits per heavy atom. The largest absolute Gasteiger partial charge is 0.494 e. The Hall–Kier alpha value is -1.88. The number of carbonyl (C=O) groups is 2. The van der Waals surface area contributed by atoms with Crippen LogP contribution in [0.25, 0.3) is 0 Å². The van der Waals surface area contributed by atoms with Crippen LogP contribution < -0.4 is 10.5 Å². The van der Waals surface area contributed by atoms with Crippen molar-refractivity contribution >= 4 is 11.8 Å². The molecule has 2 rings (SSSR count). The lowest BCUT2D eigenvalue weighted by atomic mass is 10.0. The third-order valence-electron chi connectivity index (χ3n) is 3.12. The predicted octanol–water partition coefficient (Wildman–Crippen LogP) is 1.18. The molecule has 102 valence electrons. The Kier molecular flexibility index (Phi) is 4.16. The quantitative estimate of drug-likeness (QED) is 0.830. The van der Waals surface area contributed by atoms with Crippen LogP contribution in [0.1, 0.15) is 30.1 Å². The molecule has 0 spiro atoms. The Morgan fingerprint density at radius 2 is 2.11 bits per heavy atom. The van der Waals surface area contributed by atoms with Crippen LogP contribution in [-0.4, -0.2) is 35.9 Å². The highest BCUT2D eigenvalue weighted by atomic mass is 16.5. The molecule has 0 bridgehead atoms. The van der Waals surface area contributed by atoms with Gasteiger partial charge in [-0.15, -0.1) is 0 Å². The number of carbonyl (C=O) groups excluding carboxylic acids is 2. The molecule has 1 unspecified atom stereocenters. The minimum absolute atomic E-state index is 0.128. The van der Waals surface area contributed by atoms with Gasteiger partial charge in [0, 0.05) is 24.6 Å². The number of likely N-dealkylation sites (tertiary alicyclic amines) is 1. The van der Waals surface area contributed by atoms with Crippen LogP contribution in [-0.2, 0) is 4.79 Å². The lowest BCUT2D eigenvalue weighted by Crippen LogP contribution is -2.46. The lowest BCUT2D eigenvalue weighted by Gasteiger charge is -2.28. The molecule has 5 nitrogen and oxygen atoms in total. The van der Waals surface area contributed by atoms with E-state index in [4.69, 9.17) is 10.5 Å². The van der Waals surface area contributed by atoms with Gasteiger partial charge >= 0.3 is 0 Å². The highest BCUT2D eigenvalue weighted by molar-refractivity contribution is 6.05. The molecule has 1 aromatic carbocycles. The molecule has 0 saturated carbocycles. The van der Waals surface area contributed by atoms with Crippen molar-refractivity contribution in [2.24, 2.45) is 5.73 Å². The first kappa shape index (κ1) is 13.5. The highest BCUT2D eigenvalue weighted by Gasteiger charge is 2.28. The number of rotatable bonds is 3.